The molecule has 0 heterocycles. The fourth-order valence-corrected chi connectivity index (χ4v) is 2.76. The van der Waals surface area contributed by atoms with Crippen LogP contribution < -0.4 is 0 Å². The van der Waals surface area contributed by atoms with Crippen LogP contribution in [0.1, 0.15) is 50.7 Å². The first-order valence-electron chi connectivity index (χ1n) is 6.15. The molecule has 0 fully saturated rings. The van der Waals surface area contributed by atoms with Crippen LogP contribution in [0.15, 0.2) is 24.3 Å². The summed E-state index contributed by atoms with van der Waals surface area (Å²) in [6.45, 7) is 5.82. The Kier molecular flexibility index (Phi) is 2.75. The third kappa shape index (κ3) is 1.66. The number of hydrogen-bond acceptors (Lipinski definition) is 2. The van der Waals surface area contributed by atoms with Crippen molar-refractivity contribution >= 4 is 0 Å². The Morgan fingerprint density at radius 3 is 2.71 bits per heavy atom. The number of rotatable bonds is 1. The molecule has 1 N–H and O–H groups in total. The Bertz CT molecular complexity index is 472. The number of aliphatic hydroxyl groups is 1. The fourth-order valence-electron chi connectivity index (χ4n) is 2.76. The molecular weight excluding hydrogens is 210 g/mol. The summed E-state index contributed by atoms with van der Waals surface area (Å²) in [5.74, 6) is 0.459. The molecule has 17 heavy (non-hydrogen) atoms. The van der Waals surface area contributed by atoms with Gasteiger partial charge in [0.15, 0.2) is 0 Å². The molecule has 90 valence electrons. The maximum atomic E-state index is 10.9. The maximum Gasteiger partial charge on any atom is 0.108 e. The van der Waals surface area contributed by atoms with Crippen molar-refractivity contribution < 1.29 is 5.11 Å². The fraction of sp³-hybridized carbons (Fsp3) is 0.533. The van der Waals surface area contributed by atoms with Crippen LogP contribution in [0.3, 0.4) is 0 Å². The minimum atomic E-state index is -1.02. The summed E-state index contributed by atoms with van der Waals surface area (Å²) in [5.41, 5.74) is 0.337. The molecule has 0 saturated heterocycles. The zero-order chi connectivity index (χ0) is 12.7. The van der Waals surface area contributed by atoms with Crippen LogP contribution in [0.4, 0.5) is 0 Å². The first-order chi connectivity index (χ1) is 7.92. The van der Waals surface area contributed by atoms with E-state index in [1.165, 1.54) is 5.56 Å². The van der Waals surface area contributed by atoms with Gasteiger partial charge in [-0.25, -0.2) is 0 Å². The van der Waals surface area contributed by atoms with Gasteiger partial charge in [0, 0.05) is 0 Å². The molecule has 2 rings (SSSR count). The van der Waals surface area contributed by atoms with Crippen molar-refractivity contribution in [3.63, 3.8) is 0 Å². The first-order valence-corrected chi connectivity index (χ1v) is 6.15. The molecule has 2 heteroatoms. The second kappa shape index (κ2) is 3.85. The molecule has 0 aromatic heterocycles. The molecule has 0 radical (unpaired) electrons. The summed E-state index contributed by atoms with van der Waals surface area (Å²) < 4.78 is 0. The molecular formula is C15H19NO. The minimum absolute atomic E-state index is 0.459. The lowest BCUT2D eigenvalue weighted by molar-refractivity contribution is -0.0612. The number of nitriles is 1. The quantitative estimate of drug-likeness (QED) is 0.802. The van der Waals surface area contributed by atoms with Gasteiger partial charge in [0.05, 0.1) is 11.5 Å². The lowest BCUT2D eigenvalue weighted by Gasteiger charge is -2.44. The molecule has 0 saturated carbocycles. The van der Waals surface area contributed by atoms with Gasteiger partial charge in [0.1, 0.15) is 5.60 Å². The summed E-state index contributed by atoms with van der Waals surface area (Å²) in [6.07, 6.45) is 1.59. The molecule has 0 aliphatic heterocycles. The standard InChI is InChI=1S/C15H19NO/c1-11-8-9-15(17,14(2,3)10-16)13-7-5-4-6-12(11)13/h4-7,11,17H,8-9H2,1-3H3. The van der Waals surface area contributed by atoms with E-state index < -0.39 is 11.0 Å². The zero-order valence-electron chi connectivity index (χ0n) is 10.7. The minimum Gasteiger partial charge on any atom is -0.383 e. The van der Waals surface area contributed by atoms with E-state index in [1.807, 2.05) is 32.0 Å². The summed E-state index contributed by atoms with van der Waals surface area (Å²) in [6, 6.07) is 10.2. The molecule has 0 amide bonds. The van der Waals surface area contributed by atoms with Crippen molar-refractivity contribution in [1.29, 1.82) is 5.26 Å². The van der Waals surface area contributed by atoms with Gasteiger partial charge in [-0.3, -0.25) is 0 Å². The van der Waals surface area contributed by atoms with Gasteiger partial charge < -0.3 is 5.11 Å². The highest BCUT2D eigenvalue weighted by Gasteiger charge is 2.48. The Hall–Kier alpha value is -1.33. The molecule has 2 unspecified atom stereocenters. The van der Waals surface area contributed by atoms with Crippen LogP contribution in [0.5, 0.6) is 0 Å². The van der Waals surface area contributed by atoms with E-state index in [-0.39, 0.29) is 0 Å². The molecule has 1 aromatic carbocycles. The van der Waals surface area contributed by atoms with E-state index in [2.05, 4.69) is 19.1 Å². The van der Waals surface area contributed by atoms with Crippen LogP contribution >= 0.6 is 0 Å². The Morgan fingerprint density at radius 1 is 1.41 bits per heavy atom. The third-order valence-corrected chi connectivity index (χ3v) is 4.19. The van der Waals surface area contributed by atoms with Gasteiger partial charge in [-0.1, -0.05) is 31.2 Å². The Morgan fingerprint density at radius 2 is 2.06 bits per heavy atom. The first kappa shape index (κ1) is 12.1. The lowest BCUT2D eigenvalue weighted by Crippen LogP contribution is -2.44. The van der Waals surface area contributed by atoms with Crippen molar-refractivity contribution in [2.75, 3.05) is 0 Å². The van der Waals surface area contributed by atoms with Gasteiger partial charge in [-0.05, 0) is 43.7 Å². The van der Waals surface area contributed by atoms with Crippen molar-refractivity contribution in [3.8, 4) is 6.07 Å². The van der Waals surface area contributed by atoms with Crippen LogP contribution in [-0.2, 0) is 5.60 Å². The van der Waals surface area contributed by atoms with E-state index in [0.29, 0.717) is 12.3 Å². The number of nitrogens with zero attached hydrogens (tertiary/aromatic N) is 1. The number of fused-ring (bicyclic) bond motifs is 1. The zero-order valence-corrected chi connectivity index (χ0v) is 10.7. The van der Waals surface area contributed by atoms with Crippen molar-refractivity contribution in [1.82, 2.24) is 0 Å². The van der Waals surface area contributed by atoms with Crippen molar-refractivity contribution in [3.05, 3.63) is 35.4 Å². The Balaban J connectivity index is 2.61. The largest absolute Gasteiger partial charge is 0.383 e. The Labute approximate surface area is 103 Å². The van der Waals surface area contributed by atoms with Gasteiger partial charge in [-0.15, -0.1) is 0 Å². The van der Waals surface area contributed by atoms with Crippen molar-refractivity contribution in [2.45, 2.75) is 45.1 Å². The average Bonchev–Trinajstić information content (AvgIpc) is 2.34. The topological polar surface area (TPSA) is 44.0 Å². The highest BCUT2D eigenvalue weighted by Crippen LogP contribution is 2.50. The molecule has 2 atom stereocenters. The molecule has 0 spiro atoms. The molecule has 1 aromatic rings. The van der Waals surface area contributed by atoms with E-state index in [0.717, 1.165) is 12.0 Å². The smallest absolute Gasteiger partial charge is 0.108 e. The number of hydrogen-bond donors (Lipinski definition) is 1. The summed E-state index contributed by atoms with van der Waals surface area (Å²) >= 11 is 0. The van der Waals surface area contributed by atoms with Gasteiger partial charge in [0.25, 0.3) is 0 Å². The van der Waals surface area contributed by atoms with E-state index in [1.54, 1.807) is 0 Å². The predicted molar refractivity (Wildman–Crippen MR) is 67.4 cm³/mol. The summed E-state index contributed by atoms with van der Waals surface area (Å²) in [7, 11) is 0. The predicted octanol–water partition coefficient (Wildman–Crippen LogP) is 3.32. The van der Waals surface area contributed by atoms with E-state index >= 15 is 0 Å². The summed E-state index contributed by atoms with van der Waals surface area (Å²) in [4.78, 5) is 0. The normalized spacial score (nSPS) is 28.3. The van der Waals surface area contributed by atoms with Crippen LogP contribution in [0.2, 0.25) is 0 Å². The number of benzene rings is 1. The highest BCUT2D eigenvalue weighted by atomic mass is 16.3. The van der Waals surface area contributed by atoms with Crippen LogP contribution in [-0.4, -0.2) is 5.11 Å². The van der Waals surface area contributed by atoms with Crippen molar-refractivity contribution in [2.24, 2.45) is 5.41 Å². The molecule has 1 aliphatic carbocycles. The molecule has 2 nitrogen and oxygen atoms in total. The van der Waals surface area contributed by atoms with E-state index in [4.69, 9.17) is 0 Å². The monoisotopic (exact) mass is 229 g/mol. The van der Waals surface area contributed by atoms with Crippen LogP contribution in [0, 0.1) is 16.7 Å². The van der Waals surface area contributed by atoms with Crippen LogP contribution in [0.25, 0.3) is 0 Å². The lowest BCUT2D eigenvalue weighted by atomic mass is 9.63. The second-order valence-corrected chi connectivity index (χ2v) is 5.62. The van der Waals surface area contributed by atoms with E-state index in [9.17, 15) is 10.4 Å². The third-order valence-electron chi connectivity index (χ3n) is 4.19. The maximum absolute atomic E-state index is 10.9. The van der Waals surface area contributed by atoms with Gasteiger partial charge in [-0.2, -0.15) is 5.26 Å². The molecule has 1 aliphatic rings. The second-order valence-electron chi connectivity index (χ2n) is 5.62. The SMILES string of the molecule is CC1CCC(O)(C(C)(C)C#N)c2ccccc21. The molecule has 0 bridgehead atoms. The average molecular weight is 229 g/mol. The highest BCUT2D eigenvalue weighted by molar-refractivity contribution is 5.40. The van der Waals surface area contributed by atoms with Gasteiger partial charge >= 0.3 is 0 Å². The van der Waals surface area contributed by atoms with Gasteiger partial charge in [0.2, 0.25) is 0 Å². The summed E-state index contributed by atoms with van der Waals surface area (Å²) in [5, 5.41) is 20.2.